The fourth-order valence-electron chi connectivity index (χ4n) is 14.1. The number of ether oxygens (including phenoxy) is 8. The second kappa shape index (κ2) is 62.5. The van der Waals surface area contributed by atoms with E-state index in [-0.39, 0.29) is 0 Å². The normalized spacial score (nSPS) is 11.4. The van der Waals surface area contributed by atoms with Gasteiger partial charge >= 0.3 is 11.9 Å². The molecule has 0 aromatic heterocycles. The number of hydrogen-bond donors (Lipinski definition) is 0. The molecule has 0 N–H and O–H groups in total. The summed E-state index contributed by atoms with van der Waals surface area (Å²) in [6, 6.07) is 38.2. The molecule has 0 bridgehead atoms. The zero-order valence-corrected chi connectivity index (χ0v) is 72.3. The number of benzene rings is 6. The first-order valence-corrected chi connectivity index (χ1v) is 46.0. The van der Waals surface area contributed by atoms with E-state index in [4.69, 9.17) is 47.9 Å². The number of carbonyl (C=O) groups excluding carboxylic acids is 2. The predicted octanol–water partition coefficient (Wildman–Crippen LogP) is 30.5. The van der Waals surface area contributed by atoms with Crippen LogP contribution in [0.15, 0.2) is 131 Å². The lowest BCUT2D eigenvalue weighted by Crippen LogP contribution is -2.12. The Morgan fingerprint density at radius 2 is 0.482 bits per heavy atom. The smallest absolute Gasteiger partial charge is 0.343 e. The molecule has 0 radical (unpaired) electrons. The van der Waals surface area contributed by atoms with Crippen LogP contribution in [0, 0.1) is 0 Å². The van der Waals surface area contributed by atoms with Crippen molar-refractivity contribution in [3.05, 3.63) is 144 Å². The van der Waals surface area contributed by atoms with Gasteiger partial charge in [-0.1, -0.05) is 335 Å². The van der Waals surface area contributed by atoms with Crippen LogP contribution in [0.1, 0.15) is 382 Å². The maximum Gasteiger partial charge on any atom is 0.343 e. The van der Waals surface area contributed by atoms with E-state index in [1.54, 1.807) is 48.5 Å². The fourth-order valence-corrected chi connectivity index (χ4v) is 14.1. The lowest BCUT2D eigenvalue weighted by molar-refractivity contribution is 0.0724. The minimum absolute atomic E-state index is 0.355. The lowest BCUT2D eigenvalue weighted by Gasteiger charge is -2.19. The molecule has 6 aromatic rings. The van der Waals surface area contributed by atoms with Crippen molar-refractivity contribution >= 4 is 47.1 Å². The summed E-state index contributed by atoms with van der Waals surface area (Å²) in [5, 5.41) is 0. The highest BCUT2D eigenvalue weighted by Crippen LogP contribution is 2.42. The molecule has 0 saturated carbocycles. The molecule has 13 nitrogen and oxygen atoms in total. The van der Waals surface area contributed by atoms with Gasteiger partial charge in [0.05, 0.1) is 62.1 Å². The van der Waals surface area contributed by atoms with Crippen molar-refractivity contribution in [3.63, 3.8) is 0 Å². The van der Waals surface area contributed by atoms with Gasteiger partial charge in [-0.05, 0) is 147 Å². The zero-order valence-electron chi connectivity index (χ0n) is 72.3. The number of carbonyl (C=O) groups is 2. The average Bonchev–Trinajstić information content (AvgIpc) is 0.814. The molecule has 0 unspecified atom stereocenters. The first-order valence-electron chi connectivity index (χ1n) is 46.0. The molecule has 630 valence electrons. The molecule has 114 heavy (non-hydrogen) atoms. The zero-order chi connectivity index (χ0) is 80.8. The van der Waals surface area contributed by atoms with E-state index in [9.17, 15) is 9.59 Å². The van der Waals surface area contributed by atoms with Gasteiger partial charge in [0.15, 0.2) is 23.0 Å². The first kappa shape index (κ1) is 95.0. The van der Waals surface area contributed by atoms with Crippen molar-refractivity contribution in [2.45, 2.75) is 350 Å². The number of hydrogen-bond acceptors (Lipinski definition) is 13. The third-order valence-corrected chi connectivity index (χ3v) is 21.4. The number of unbranched alkanes of at least 4 members (excludes halogenated alkanes) is 42. The standard InChI is InChI=1S/C101H151N3O10/c1-8-14-20-26-32-38-44-50-72-107-94-78-86(79-95(108-73-51-45-39-33-27-21-15-9-2)98(94)111-76-54-48-42-36-30-24-18-12-5)100(105)113-92-68-60-88(61-69-92)102-82-84-56-64-90(65-57-84)104(7)91-66-58-85(59-67-91)83-103-89-62-70-93(71-63-89)114-101(106)87-80-96(109-74-52-46-40-34-28-22-16-10-3)99(112-77-55-49-43-37-31-25-19-13-6)97(81-87)110-75-53-47-41-35-29-23-17-11-4/h56-71,78-83H,8-55,72-77H2,1-7H3. The third kappa shape index (κ3) is 41.2. The van der Waals surface area contributed by atoms with Crippen molar-refractivity contribution in [2.24, 2.45) is 9.98 Å². The largest absolute Gasteiger partial charge is 0.490 e. The van der Waals surface area contributed by atoms with E-state index in [1.807, 2.05) is 68.0 Å². The second-order valence-electron chi connectivity index (χ2n) is 31.6. The lowest BCUT2D eigenvalue weighted by atomic mass is 10.1. The maximum atomic E-state index is 14.1. The Morgan fingerprint density at radius 1 is 0.272 bits per heavy atom. The van der Waals surface area contributed by atoms with E-state index < -0.39 is 11.9 Å². The molecule has 0 fully saturated rings. The van der Waals surface area contributed by atoms with Crippen molar-refractivity contribution in [2.75, 3.05) is 51.6 Å². The van der Waals surface area contributed by atoms with E-state index in [2.05, 4.69) is 70.7 Å². The molecule has 0 heterocycles. The molecule has 13 heteroatoms. The molecule has 6 aromatic carbocycles. The summed E-state index contributed by atoms with van der Waals surface area (Å²) >= 11 is 0. The third-order valence-electron chi connectivity index (χ3n) is 21.4. The molecule has 0 saturated heterocycles. The summed E-state index contributed by atoms with van der Waals surface area (Å²) in [4.78, 5) is 40.0. The topological polar surface area (TPSA) is 136 Å². The van der Waals surface area contributed by atoms with Crippen LogP contribution in [0.5, 0.6) is 46.0 Å². The van der Waals surface area contributed by atoms with Crippen LogP contribution in [-0.4, -0.2) is 71.1 Å². The Morgan fingerprint density at radius 3 is 0.711 bits per heavy atom. The Kier molecular flexibility index (Phi) is 52.1. The minimum Gasteiger partial charge on any atom is -0.490 e. The fraction of sp³-hybridized carbons (Fsp3) is 0.604. The Labute approximate surface area is 691 Å². The van der Waals surface area contributed by atoms with Crippen LogP contribution in [0.25, 0.3) is 0 Å². The van der Waals surface area contributed by atoms with E-state index in [1.165, 1.54) is 231 Å². The number of anilines is 2. The quantitative estimate of drug-likeness (QED) is 0.0156. The molecular formula is C101H151N3O10. The van der Waals surface area contributed by atoms with Gasteiger partial charge in [0, 0.05) is 30.9 Å². The highest BCUT2D eigenvalue weighted by molar-refractivity contribution is 5.94. The Balaban J connectivity index is 1.05. The van der Waals surface area contributed by atoms with E-state index in [0.717, 1.165) is 111 Å². The van der Waals surface area contributed by atoms with Crippen LogP contribution in [0.2, 0.25) is 0 Å². The summed E-state index contributed by atoms with van der Waals surface area (Å²) in [6.45, 7) is 16.8. The summed E-state index contributed by atoms with van der Waals surface area (Å²) in [5.41, 5.74) is 6.09. The van der Waals surface area contributed by atoms with Gasteiger partial charge in [-0.25, -0.2) is 9.59 Å². The first-order chi connectivity index (χ1) is 56.2. The molecule has 0 aliphatic heterocycles. The number of esters is 2. The van der Waals surface area contributed by atoms with E-state index >= 15 is 0 Å². The van der Waals surface area contributed by atoms with Gasteiger partial charge in [-0.2, -0.15) is 0 Å². The van der Waals surface area contributed by atoms with Gasteiger partial charge in [-0.15, -0.1) is 0 Å². The highest BCUT2D eigenvalue weighted by Gasteiger charge is 2.23. The number of nitrogens with zero attached hydrogens (tertiary/aromatic N) is 3. The summed E-state index contributed by atoms with van der Waals surface area (Å²) in [7, 11) is 2.05. The second-order valence-corrected chi connectivity index (χ2v) is 31.6. The molecular weight excluding hydrogens is 1420 g/mol. The van der Waals surface area contributed by atoms with Crippen LogP contribution in [0.3, 0.4) is 0 Å². The molecule has 0 spiro atoms. The number of rotatable bonds is 70. The molecule has 0 atom stereocenters. The summed E-state index contributed by atoms with van der Waals surface area (Å²) in [6.07, 6.45) is 61.4. The van der Waals surface area contributed by atoms with Crippen molar-refractivity contribution < 1.29 is 47.5 Å². The summed E-state index contributed by atoms with van der Waals surface area (Å²) < 4.78 is 51.4. The van der Waals surface area contributed by atoms with Crippen LogP contribution in [0.4, 0.5) is 22.7 Å². The van der Waals surface area contributed by atoms with Gasteiger partial charge in [0.25, 0.3) is 0 Å². The van der Waals surface area contributed by atoms with Crippen LogP contribution < -0.4 is 42.8 Å². The average molecular weight is 1570 g/mol. The van der Waals surface area contributed by atoms with E-state index in [0.29, 0.717) is 96.8 Å². The Hall–Kier alpha value is -7.80. The van der Waals surface area contributed by atoms with Crippen molar-refractivity contribution in [1.82, 2.24) is 0 Å². The molecule has 6 rings (SSSR count). The predicted molar refractivity (Wildman–Crippen MR) is 480 cm³/mol. The van der Waals surface area contributed by atoms with Gasteiger partial charge in [0.1, 0.15) is 11.5 Å². The number of aliphatic imine (C=N–C) groups is 2. The van der Waals surface area contributed by atoms with Gasteiger partial charge in [-0.3, -0.25) is 9.98 Å². The SMILES string of the molecule is CCCCCCCCCCOc1cc(C(=O)Oc2ccc(N=Cc3ccc(N(C)c4ccc(C=Nc5ccc(OC(=O)c6cc(OCCCCCCCCCC)c(OCCCCCCCCCC)c(OCCCCCCCCCC)c6)cc5)cc4)cc3)cc2)cc(OCCCCCCCCCC)c1OCCCCCCCCCC. The molecule has 0 aliphatic rings. The Bertz CT molecular complexity index is 3160. The van der Waals surface area contributed by atoms with Crippen molar-refractivity contribution in [3.8, 4) is 46.0 Å². The molecule has 0 aliphatic carbocycles. The van der Waals surface area contributed by atoms with Crippen molar-refractivity contribution in [1.29, 1.82) is 0 Å². The maximum absolute atomic E-state index is 14.1. The minimum atomic E-state index is -0.494. The van der Waals surface area contributed by atoms with Crippen LogP contribution >= 0.6 is 0 Å². The molecule has 0 amide bonds. The van der Waals surface area contributed by atoms with Gasteiger partial charge < -0.3 is 42.8 Å². The van der Waals surface area contributed by atoms with Crippen LogP contribution in [-0.2, 0) is 0 Å². The summed E-state index contributed by atoms with van der Waals surface area (Å²) in [5.74, 6) is 3.13. The highest BCUT2D eigenvalue weighted by atomic mass is 16.6. The monoisotopic (exact) mass is 1570 g/mol. The van der Waals surface area contributed by atoms with Gasteiger partial charge in [0.2, 0.25) is 11.5 Å².